The molecule has 1 unspecified atom stereocenters. The van der Waals surface area contributed by atoms with E-state index in [0.717, 1.165) is 79.8 Å². The standard InChI is InChI=1S/C24H32ClN5O/c1-17(31)30-14-11-22-20(16-30)24(26-12-5-8-18-7-3-4-10-21(18)25)28-23(27-22)19-9-6-13-29(2)15-19/h3-4,7,10,19H,5-6,8-9,11-16H2,1-2H3,(H,26,27,28). The number of amides is 1. The van der Waals surface area contributed by atoms with Crippen LogP contribution in [0.4, 0.5) is 5.82 Å². The second kappa shape index (κ2) is 9.96. The molecule has 1 fully saturated rings. The average molecular weight is 442 g/mol. The van der Waals surface area contributed by atoms with Crippen LogP contribution in [0.3, 0.4) is 0 Å². The molecule has 1 saturated heterocycles. The third kappa shape index (κ3) is 5.36. The minimum atomic E-state index is 0.105. The molecule has 1 atom stereocenters. The van der Waals surface area contributed by atoms with Crippen molar-refractivity contribution in [1.82, 2.24) is 19.8 Å². The van der Waals surface area contributed by atoms with Crippen molar-refractivity contribution >= 4 is 23.3 Å². The minimum absolute atomic E-state index is 0.105. The maximum atomic E-state index is 12.0. The Morgan fingerprint density at radius 1 is 1.26 bits per heavy atom. The summed E-state index contributed by atoms with van der Waals surface area (Å²) in [6.45, 7) is 5.90. The van der Waals surface area contributed by atoms with Crippen LogP contribution < -0.4 is 5.32 Å². The minimum Gasteiger partial charge on any atom is -0.370 e. The summed E-state index contributed by atoms with van der Waals surface area (Å²) >= 11 is 6.30. The first-order valence-corrected chi connectivity index (χ1v) is 11.7. The van der Waals surface area contributed by atoms with E-state index in [1.54, 1.807) is 6.92 Å². The summed E-state index contributed by atoms with van der Waals surface area (Å²) in [6.07, 6.45) is 4.98. The fourth-order valence-electron chi connectivity index (χ4n) is 4.59. The Labute approximate surface area is 190 Å². The van der Waals surface area contributed by atoms with Gasteiger partial charge in [0.1, 0.15) is 11.6 Å². The van der Waals surface area contributed by atoms with Crippen molar-refractivity contribution in [2.45, 2.75) is 51.5 Å². The van der Waals surface area contributed by atoms with Crippen LogP contribution in [0.25, 0.3) is 0 Å². The number of hydrogen-bond donors (Lipinski definition) is 1. The highest BCUT2D eigenvalue weighted by molar-refractivity contribution is 6.31. The molecule has 1 aromatic heterocycles. The van der Waals surface area contributed by atoms with E-state index in [9.17, 15) is 4.79 Å². The molecule has 0 bridgehead atoms. The first kappa shape index (κ1) is 22.0. The Bertz CT molecular complexity index is 934. The normalized spacial score (nSPS) is 19.2. The van der Waals surface area contributed by atoms with E-state index in [1.807, 2.05) is 23.1 Å². The van der Waals surface area contributed by atoms with Crippen molar-refractivity contribution in [1.29, 1.82) is 0 Å². The van der Waals surface area contributed by atoms with E-state index in [2.05, 4.69) is 23.3 Å². The van der Waals surface area contributed by atoms with Gasteiger partial charge in [-0.1, -0.05) is 29.8 Å². The van der Waals surface area contributed by atoms with E-state index in [0.29, 0.717) is 12.5 Å². The highest BCUT2D eigenvalue weighted by Crippen LogP contribution is 2.30. The summed E-state index contributed by atoms with van der Waals surface area (Å²) in [5, 5.41) is 4.39. The highest BCUT2D eigenvalue weighted by Gasteiger charge is 2.27. The van der Waals surface area contributed by atoms with E-state index in [-0.39, 0.29) is 5.91 Å². The lowest BCUT2D eigenvalue weighted by Gasteiger charge is -2.32. The fourth-order valence-corrected chi connectivity index (χ4v) is 4.82. The number of likely N-dealkylation sites (tertiary alicyclic amines) is 1. The summed E-state index contributed by atoms with van der Waals surface area (Å²) < 4.78 is 0. The number of aryl methyl sites for hydroxylation is 1. The molecule has 166 valence electrons. The van der Waals surface area contributed by atoms with Crippen LogP contribution in [0.1, 0.15) is 54.7 Å². The number of fused-ring (bicyclic) bond motifs is 1. The van der Waals surface area contributed by atoms with E-state index < -0.39 is 0 Å². The Balaban J connectivity index is 1.51. The topological polar surface area (TPSA) is 61.4 Å². The second-order valence-corrected chi connectivity index (χ2v) is 9.18. The fraction of sp³-hybridized carbons (Fsp3) is 0.542. The SMILES string of the molecule is CC(=O)N1CCc2nc(C3CCCN(C)C3)nc(NCCCc3ccccc3Cl)c2C1. The second-order valence-electron chi connectivity index (χ2n) is 8.77. The molecule has 4 rings (SSSR count). The van der Waals surface area contributed by atoms with Crippen molar-refractivity contribution in [2.75, 3.05) is 38.5 Å². The largest absolute Gasteiger partial charge is 0.370 e. The van der Waals surface area contributed by atoms with Crippen LogP contribution in [-0.2, 0) is 24.2 Å². The Kier molecular flexibility index (Phi) is 7.08. The molecule has 3 heterocycles. The van der Waals surface area contributed by atoms with Crippen molar-refractivity contribution in [2.24, 2.45) is 0 Å². The molecule has 0 spiro atoms. The third-order valence-corrected chi connectivity index (χ3v) is 6.75. The lowest BCUT2D eigenvalue weighted by molar-refractivity contribution is -0.129. The van der Waals surface area contributed by atoms with E-state index in [4.69, 9.17) is 21.6 Å². The smallest absolute Gasteiger partial charge is 0.219 e. The van der Waals surface area contributed by atoms with Crippen molar-refractivity contribution in [3.63, 3.8) is 0 Å². The predicted octanol–water partition coefficient (Wildman–Crippen LogP) is 3.89. The molecule has 6 nitrogen and oxygen atoms in total. The number of benzene rings is 1. The van der Waals surface area contributed by atoms with Crippen LogP contribution in [-0.4, -0.2) is 58.9 Å². The zero-order chi connectivity index (χ0) is 21.8. The Morgan fingerprint density at radius 2 is 2.10 bits per heavy atom. The Hall–Kier alpha value is -2.18. The van der Waals surface area contributed by atoms with Gasteiger partial charge >= 0.3 is 0 Å². The van der Waals surface area contributed by atoms with Crippen molar-refractivity contribution in [3.8, 4) is 0 Å². The summed E-state index contributed by atoms with van der Waals surface area (Å²) in [5.74, 6) is 2.33. The van der Waals surface area contributed by atoms with Gasteiger partial charge in [0, 0.05) is 49.5 Å². The van der Waals surface area contributed by atoms with Gasteiger partial charge in [0.15, 0.2) is 0 Å². The molecule has 2 aliphatic heterocycles. The van der Waals surface area contributed by atoms with Gasteiger partial charge in [-0.2, -0.15) is 0 Å². The highest BCUT2D eigenvalue weighted by atomic mass is 35.5. The number of likely N-dealkylation sites (N-methyl/N-ethyl adjacent to an activating group) is 1. The molecule has 2 aliphatic rings. The van der Waals surface area contributed by atoms with Crippen molar-refractivity contribution in [3.05, 3.63) is 51.9 Å². The third-order valence-electron chi connectivity index (χ3n) is 6.39. The number of piperidine rings is 1. The van der Waals surface area contributed by atoms with E-state index in [1.165, 1.54) is 12.0 Å². The monoisotopic (exact) mass is 441 g/mol. The number of carbonyl (C=O) groups excluding carboxylic acids is 1. The van der Waals surface area contributed by atoms with Gasteiger partial charge in [-0.3, -0.25) is 4.79 Å². The number of rotatable bonds is 6. The van der Waals surface area contributed by atoms with Crippen LogP contribution >= 0.6 is 11.6 Å². The maximum absolute atomic E-state index is 12.0. The van der Waals surface area contributed by atoms with Crippen LogP contribution in [0, 0.1) is 0 Å². The van der Waals surface area contributed by atoms with Crippen LogP contribution in [0.15, 0.2) is 24.3 Å². The number of anilines is 1. The Morgan fingerprint density at radius 3 is 2.87 bits per heavy atom. The van der Waals surface area contributed by atoms with Gasteiger partial charge in [-0.15, -0.1) is 0 Å². The van der Waals surface area contributed by atoms with Crippen molar-refractivity contribution < 1.29 is 4.79 Å². The maximum Gasteiger partial charge on any atom is 0.219 e. The van der Waals surface area contributed by atoms with Gasteiger partial charge < -0.3 is 15.1 Å². The van der Waals surface area contributed by atoms with Gasteiger partial charge in [-0.05, 0) is 50.9 Å². The average Bonchev–Trinajstić information content (AvgIpc) is 2.77. The lowest BCUT2D eigenvalue weighted by atomic mass is 9.96. The molecule has 2 aromatic rings. The number of hydrogen-bond acceptors (Lipinski definition) is 5. The molecular formula is C24H32ClN5O. The number of aromatic nitrogens is 2. The first-order valence-electron chi connectivity index (χ1n) is 11.3. The van der Waals surface area contributed by atoms with Gasteiger partial charge in [0.2, 0.25) is 5.91 Å². The summed E-state index contributed by atoms with van der Waals surface area (Å²) in [5.41, 5.74) is 3.35. The van der Waals surface area contributed by atoms with Crippen LogP contribution in [0.5, 0.6) is 0 Å². The number of nitrogens with zero attached hydrogens (tertiary/aromatic N) is 4. The molecule has 31 heavy (non-hydrogen) atoms. The molecule has 0 saturated carbocycles. The molecule has 7 heteroatoms. The predicted molar refractivity (Wildman–Crippen MR) is 125 cm³/mol. The summed E-state index contributed by atoms with van der Waals surface area (Å²) in [7, 11) is 2.17. The molecule has 0 aliphatic carbocycles. The lowest BCUT2D eigenvalue weighted by Crippen LogP contribution is -2.36. The number of halogens is 1. The molecule has 1 N–H and O–H groups in total. The first-order chi connectivity index (χ1) is 15.0. The molecule has 0 radical (unpaired) electrons. The zero-order valence-corrected chi connectivity index (χ0v) is 19.3. The number of nitrogens with one attached hydrogen (secondary N) is 1. The zero-order valence-electron chi connectivity index (χ0n) is 18.5. The van der Waals surface area contributed by atoms with Gasteiger partial charge in [0.05, 0.1) is 12.2 Å². The molecule has 1 aromatic carbocycles. The summed E-state index contributed by atoms with van der Waals surface area (Å²) in [4.78, 5) is 26.2. The summed E-state index contributed by atoms with van der Waals surface area (Å²) in [6, 6.07) is 8.01. The van der Waals surface area contributed by atoms with E-state index >= 15 is 0 Å². The van der Waals surface area contributed by atoms with Gasteiger partial charge in [-0.25, -0.2) is 9.97 Å². The number of carbonyl (C=O) groups is 1. The van der Waals surface area contributed by atoms with Gasteiger partial charge in [0.25, 0.3) is 0 Å². The molecule has 1 amide bonds. The molecular weight excluding hydrogens is 410 g/mol. The van der Waals surface area contributed by atoms with Crippen LogP contribution in [0.2, 0.25) is 5.02 Å². The quantitative estimate of drug-likeness (QED) is 0.689.